The van der Waals surface area contributed by atoms with Crippen molar-refractivity contribution in [3.8, 4) is 0 Å². The lowest BCUT2D eigenvalue weighted by atomic mass is 10.1. The quantitative estimate of drug-likeness (QED) is 0.255. The van der Waals surface area contributed by atoms with E-state index in [2.05, 4.69) is 15.9 Å². The Labute approximate surface area is 158 Å². The summed E-state index contributed by atoms with van der Waals surface area (Å²) in [6.45, 7) is 0. The Balaban J connectivity index is 2.02. The fourth-order valence-corrected chi connectivity index (χ4v) is 3.90. The summed E-state index contributed by atoms with van der Waals surface area (Å²) in [4.78, 5) is 1.36. The predicted molar refractivity (Wildman–Crippen MR) is 91.8 cm³/mol. The molecule has 0 aliphatic heterocycles. The molecule has 0 aliphatic carbocycles. The van der Waals surface area contributed by atoms with E-state index < -0.39 is 44.8 Å². The molecular formula is C16H8BrF5N2O2S. The van der Waals surface area contributed by atoms with Gasteiger partial charge < -0.3 is 5.43 Å². The molecule has 0 aromatic heterocycles. The van der Waals surface area contributed by atoms with Crippen molar-refractivity contribution < 1.29 is 30.4 Å². The van der Waals surface area contributed by atoms with E-state index >= 15 is 0 Å². The second-order valence-electron chi connectivity index (χ2n) is 5.27. The van der Waals surface area contributed by atoms with Crippen molar-refractivity contribution in [2.75, 3.05) is 5.43 Å². The van der Waals surface area contributed by atoms with Gasteiger partial charge in [-0.05, 0) is 17.5 Å². The monoisotopic (exact) mass is 466 g/mol. The highest BCUT2D eigenvalue weighted by atomic mass is 79.9. The van der Waals surface area contributed by atoms with Gasteiger partial charge in [0.05, 0.1) is 4.90 Å². The van der Waals surface area contributed by atoms with E-state index in [4.69, 9.17) is 0 Å². The first-order valence-corrected chi connectivity index (χ1v) is 9.39. The van der Waals surface area contributed by atoms with Crippen molar-refractivity contribution in [2.45, 2.75) is 4.90 Å². The molecule has 0 heterocycles. The van der Waals surface area contributed by atoms with Crippen molar-refractivity contribution >= 4 is 42.4 Å². The fraction of sp³-hybridized carbons (Fsp3) is 0. The van der Waals surface area contributed by atoms with Crippen LogP contribution in [0, 0.1) is 29.1 Å². The van der Waals surface area contributed by atoms with Crippen LogP contribution in [0.2, 0.25) is 0 Å². The molecule has 0 radical (unpaired) electrons. The maximum atomic E-state index is 13.7. The highest BCUT2D eigenvalue weighted by Gasteiger charge is 2.27. The Morgan fingerprint density at radius 3 is 1.85 bits per heavy atom. The first-order valence-electron chi connectivity index (χ1n) is 7.11. The topological polar surface area (TPSA) is 58.2 Å². The molecule has 0 spiro atoms. The SMILES string of the molecule is O=S(=O)(NNc1c(F)c(F)c(F)c(F)c1F)c1ccc(Br)c2ccccc12. The zero-order valence-corrected chi connectivity index (χ0v) is 15.4. The van der Waals surface area contributed by atoms with Crippen molar-refractivity contribution in [1.82, 2.24) is 4.83 Å². The summed E-state index contributed by atoms with van der Waals surface area (Å²) in [5.41, 5.74) is 0.0446. The Bertz CT molecular complexity index is 1140. The molecule has 2 N–H and O–H groups in total. The number of anilines is 1. The van der Waals surface area contributed by atoms with E-state index in [1.54, 1.807) is 28.5 Å². The van der Waals surface area contributed by atoms with Crippen LogP contribution in [0.15, 0.2) is 45.8 Å². The summed E-state index contributed by atoms with van der Waals surface area (Å²) >= 11 is 3.27. The third-order valence-corrected chi connectivity index (χ3v) is 5.64. The minimum absolute atomic E-state index is 0.266. The van der Waals surface area contributed by atoms with Crippen molar-refractivity contribution in [3.05, 3.63) is 70.0 Å². The van der Waals surface area contributed by atoms with Gasteiger partial charge in [0, 0.05) is 9.86 Å². The number of fused-ring (bicyclic) bond motifs is 1. The fourth-order valence-electron chi connectivity index (χ4n) is 2.36. The maximum absolute atomic E-state index is 13.7. The van der Waals surface area contributed by atoms with Gasteiger partial charge in [-0.25, -0.2) is 30.4 Å². The van der Waals surface area contributed by atoms with E-state index in [-0.39, 0.29) is 10.3 Å². The Hall–Kier alpha value is -2.24. The van der Waals surface area contributed by atoms with Gasteiger partial charge in [0.1, 0.15) is 5.69 Å². The highest BCUT2D eigenvalue weighted by Crippen LogP contribution is 2.30. The van der Waals surface area contributed by atoms with E-state index in [9.17, 15) is 30.4 Å². The molecule has 0 bridgehead atoms. The van der Waals surface area contributed by atoms with Crippen molar-refractivity contribution in [3.63, 3.8) is 0 Å². The van der Waals surface area contributed by atoms with Crippen LogP contribution in [0.3, 0.4) is 0 Å². The second-order valence-corrected chi connectivity index (χ2v) is 7.77. The van der Waals surface area contributed by atoms with Gasteiger partial charge in [-0.3, -0.25) is 0 Å². The number of rotatable bonds is 4. The minimum Gasteiger partial charge on any atom is -0.302 e. The largest absolute Gasteiger partial charge is 0.302 e. The van der Waals surface area contributed by atoms with Crippen LogP contribution >= 0.6 is 15.9 Å². The number of hydrazine groups is 1. The summed E-state index contributed by atoms with van der Waals surface area (Å²) < 4.78 is 92.4. The minimum atomic E-state index is -4.43. The molecule has 0 atom stereocenters. The molecule has 3 aromatic rings. The molecule has 0 amide bonds. The molecule has 0 fully saturated rings. The number of benzene rings is 3. The molecule has 4 nitrogen and oxygen atoms in total. The molecule has 0 saturated carbocycles. The zero-order chi connectivity index (χ0) is 19.9. The van der Waals surface area contributed by atoms with Gasteiger partial charge in [0.15, 0.2) is 23.3 Å². The van der Waals surface area contributed by atoms with Crippen LogP contribution in [0.1, 0.15) is 0 Å². The van der Waals surface area contributed by atoms with E-state index in [1.807, 2.05) is 0 Å². The van der Waals surface area contributed by atoms with Gasteiger partial charge in [-0.15, -0.1) is 4.83 Å². The van der Waals surface area contributed by atoms with Crippen molar-refractivity contribution in [1.29, 1.82) is 0 Å². The van der Waals surface area contributed by atoms with E-state index in [0.717, 1.165) is 0 Å². The number of halogens is 6. The molecule has 3 rings (SSSR count). The summed E-state index contributed by atoms with van der Waals surface area (Å²) in [6, 6.07) is 9.03. The third-order valence-electron chi connectivity index (χ3n) is 3.64. The third kappa shape index (κ3) is 3.37. The van der Waals surface area contributed by atoms with Gasteiger partial charge in [0.25, 0.3) is 10.0 Å². The predicted octanol–water partition coefficient (Wildman–Crippen LogP) is 4.60. The van der Waals surface area contributed by atoms with Gasteiger partial charge in [0.2, 0.25) is 5.82 Å². The van der Waals surface area contributed by atoms with Crippen molar-refractivity contribution in [2.24, 2.45) is 0 Å². The lowest BCUT2D eigenvalue weighted by Crippen LogP contribution is -2.31. The van der Waals surface area contributed by atoms with Crippen LogP contribution in [-0.2, 0) is 10.0 Å². The first-order chi connectivity index (χ1) is 12.6. The average molecular weight is 467 g/mol. The Morgan fingerprint density at radius 2 is 1.26 bits per heavy atom. The van der Waals surface area contributed by atoms with Gasteiger partial charge in [-0.2, -0.15) is 0 Å². The second kappa shape index (κ2) is 7.06. The average Bonchev–Trinajstić information content (AvgIpc) is 2.65. The van der Waals surface area contributed by atoms with Gasteiger partial charge >= 0.3 is 0 Å². The normalized spacial score (nSPS) is 11.8. The Kier molecular flexibility index (Phi) is 5.10. The number of hydrogen-bond acceptors (Lipinski definition) is 3. The lowest BCUT2D eigenvalue weighted by molar-refractivity contribution is 0.381. The molecule has 0 aliphatic rings. The molecule has 27 heavy (non-hydrogen) atoms. The standard InChI is InChI=1S/C16H8BrF5N2O2S/c17-9-5-6-10(8-4-2-1-3-7(8)9)27(25,26)24-23-16-14(21)12(19)11(18)13(20)15(16)22/h1-6,23-24H. The van der Waals surface area contributed by atoms with Crippen LogP contribution in [-0.4, -0.2) is 8.42 Å². The smallest absolute Gasteiger partial charge is 0.257 e. The first kappa shape index (κ1) is 19.5. The maximum Gasteiger partial charge on any atom is 0.257 e. The molecule has 0 saturated heterocycles. The van der Waals surface area contributed by atoms with Crippen LogP contribution in [0.4, 0.5) is 27.6 Å². The number of sulfonamides is 1. The summed E-state index contributed by atoms with van der Waals surface area (Å²) in [6.07, 6.45) is 0. The molecule has 142 valence electrons. The summed E-state index contributed by atoms with van der Waals surface area (Å²) in [5, 5.41) is 0.815. The molecular weight excluding hydrogens is 459 g/mol. The lowest BCUT2D eigenvalue weighted by Gasteiger charge is -2.14. The molecule has 11 heteroatoms. The number of hydrogen-bond donors (Lipinski definition) is 2. The summed E-state index contributed by atoms with van der Waals surface area (Å²) in [5.74, 6) is -11.2. The van der Waals surface area contributed by atoms with Crippen LogP contribution in [0.25, 0.3) is 10.8 Å². The van der Waals surface area contributed by atoms with Crippen LogP contribution in [0.5, 0.6) is 0 Å². The highest BCUT2D eigenvalue weighted by molar-refractivity contribution is 9.10. The van der Waals surface area contributed by atoms with Gasteiger partial charge in [-0.1, -0.05) is 40.2 Å². The van der Waals surface area contributed by atoms with E-state index in [1.165, 1.54) is 18.2 Å². The molecule has 3 aromatic carbocycles. The molecule has 0 unspecified atom stereocenters. The van der Waals surface area contributed by atoms with Crippen LogP contribution < -0.4 is 10.3 Å². The summed E-state index contributed by atoms with van der Waals surface area (Å²) in [7, 11) is -4.43. The Morgan fingerprint density at radius 1 is 0.741 bits per heavy atom. The number of nitrogens with one attached hydrogen (secondary N) is 2. The van der Waals surface area contributed by atoms with E-state index in [0.29, 0.717) is 9.86 Å². The zero-order valence-electron chi connectivity index (χ0n) is 13.0.